The number of aryl methyl sites for hydroxylation is 1. The van der Waals surface area contributed by atoms with Crippen LogP contribution in [0.4, 0.5) is 0 Å². The SMILES string of the molecule is Cc1ccc(C(=O)CCCC(C)C)c(Cl)c1. The number of ketones is 1. The molecule has 0 saturated heterocycles. The van der Waals surface area contributed by atoms with E-state index in [4.69, 9.17) is 11.6 Å². The summed E-state index contributed by atoms with van der Waals surface area (Å²) in [5.74, 6) is 0.812. The molecule has 0 unspecified atom stereocenters. The largest absolute Gasteiger partial charge is 0.294 e. The maximum absolute atomic E-state index is 11.9. The highest BCUT2D eigenvalue weighted by atomic mass is 35.5. The van der Waals surface area contributed by atoms with E-state index >= 15 is 0 Å². The van der Waals surface area contributed by atoms with Gasteiger partial charge in [-0.15, -0.1) is 0 Å². The van der Waals surface area contributed by atoms with Crippen molar-refractivity contribution in [1.82, 2.24) is 0 Å². The number of rotatable bonds is 5. The Hall–Kier alpha value is -0.820. The summed E-state index contributed by atoms with van der Waals surface area (Å²) in [7, 11) is 0. The summed E-state index contributed by atoms with van der Waals surface area (Å²) in [6.07, 6.45) is 2.64. The van der Waals surface area contributed by atoms with Crippen LogP contribution in [-0.2, 0) is 0 Å². The minimum Gasteiger partial charge on any atom is -0.294 e. The van der Waals surface area contributed by atoms with Gasteiger partial charge in [-0.3, -0.25) is 4.79 Å². The number of hydrogen-bond acceptors (Lipinski definition) is 1. The molecule has 0 radical (unpaired) electrons. The zero-order valence-electron chi connectivity index (χ0n) is 10.2. The van der Waals surface area contributed by atoms with Crippen LogP contribution in [0, 0.1) is 12.8 Å². The molecule has 0 aromatic heterocycles. The second-order valence-electron chi connectivity index (χ2n) is 4.69. The molecule has 0 amide bonds. The zero-order chi connectivity index (χ0) is 12.1. The number of carbonyl (C=O) groups excluding carboxylic acids is 1. The van der Waals surface area contributed by atoms with Gasteiger partial charge in [-0.25, -0.2) is 0 Å². The van der Waals surface area contributed by atoms with E-state index in [0.29, 0.717) is 22.9 Å². The van der Waals surface area contributed by atoms with Gasteiger partial charge in [0.2, 0.25) is 0 Å². The van der Waals surface area contributed by atoms with Crippen LogP contribution in [0.1, 0.15) is 49.0 Å². The Morgan fingerprint density at radius 1 is 1.38 bits per heavy atom. The van der Waals surface area contributed by atoms with Crippen LogP contribution < -0.4 is 0 Å². The molecule has 0 atom stereocenters. The third kappa shape index (κ3) is 3.97. The molecule has 0 fully saturated rings. The van der Waals surface area contributed by atoms with E-state index in [-0.39, 0.29) is 5.78 Å². The molecule has 0 aliphatic heterocycles. The number of hydrogen-bond donors (Lipinski definition) is 0. The number of halogens is 1. The highest BCUT2D eigenvalue weighted by molar-refractivity contribution is 6.34. The van der Waals surface area contributed by atoms with E-state index in [2.05, 4.69) is 13.8 Å². The third-order valence-electron chi connectivity index (χ3n) is 2.61. The highest BCUT2D eigenvalue weighted by Gasteiger charge is 2.10. The fourth-order valence-corrected chi connectivity index (χ4v) is 1.99. The maximum atomic E-state index is 11.9. The molecule has 2 heteroatoms. The summed E-state index contributed by atoms with van der Waals surface area (Å²) in [5.41, 5.74) is 1.75. The second-order valence-corrected chi connectivity index (χ2v) is 5.10. The number of Topliss-reactive ketones (excluding diaryl/α,β-unsaturated/α-hetero) is 1. The van der Waals surface area contributed by atoms with Gasteiger partial charge in [0.05, 0.1) is 5.02 Å². The van der Waals surface area contributed by atoms with Crippen LogP contribution in [-0.4, -0.2) is 5.78 Å². The summed E-state index contributed by atoms with van der Waals surface area (Å²) in [6, 6.07) is 5.61. The van der Waals surface area contributed by atoms with Crippen LogP contribution in [0.2, 0.25) is 5.02 Å². The van der Waals surface area contributed by atoms with Crippen molar-refractivity contribution in [2.45, 2.75) is 40.0 Å². The van der Waals surface area contributed by atoms with Crippen LogP contribution in [0.3, 0.4) is 0 Å². The molecule has 0 spiro atoms. The molecule has 0 aliphatic rings. The molecule has 1 aromatic rings. The van der Waals surface area contributed by atoms with E-state index < -0.39 is 0 Å². The van der Waals surface area contributed by atoms with Gasteiger partial charge in [-0.05, 0) is 37.0 Å². The summed E-state index contributed by atoms with van der Waals surface area (Å²) in [5, 5.41) is 0.578. The van der Waals surface area contributed by atoms with Gasteiger partial charge in [0.25, 0.3) is 0 Å². The number of carbonyl (C=O) groups is 1. The predicted molar refractivity (Wildman–Crippen MR) is 69.2 cm³/mol. The van der Waals surface area contributed by atoms with Crippen molar-refractivity contribution in [2.75, 3.05) is 0 Å². The van der Waals surface area contributed by atoms with Crippen molar-refractivity contribution in [3.8, 4) is 0 Å². The molecule has 16 heavy (non-hydrogen) atoms. The van der Waals surface area contributed by atoms with Crippen molar-refractivity contribution in [2.24, 2.45) is 5.92 Å². The van der Waals surface area contributed by atoms with E-state index in [1.165, 1.54) is 0 Å². The average molecular weight is 239 g/mol. The van der Waals surface area contributed by atoms with Crippen molar-refractivity contribution in [3.63, 3.8) is 0 Å². The van der Waals surface area contributed by atoms with Gasteiger partial charge in [-0.1, -0.05) is 37.9 Å². The summed E-state index contributed by atoms with van der Waals surface area (Å²) >= 11 is 6.05. The Morgan fingerprint density at radius 3 is 2.62 bits per heavy atom. The average Bonchev–Trinajstić information content (AvgIpc) is 2.16. The van der Waals surface area contributed by atoms with Gasteiger partial charge in [0, 0.05) is 12.0 Å². The van der Waals surface area contributed by atoms with Gasteiger partial charge in [0.15, 0.2) is 5.78 Å². The van der Waals surface area contributed by atoms with Gasteiger partial charge < -0.3 is 0 Å². The Balaban J connectivity index is 2.59. The normalized spacial score (nSPS) is 10.8. The van der Waals surface area contributed by atoms with Crippen LogP contribution in [0.5, 0.6) is 0 Å². The second kappa shape index (κ2) is 6.05. The van der Waals surface area contributed by atoms with E-state index in [9.17, 15) is 4.79 Å². The quantitative estimate of drug-likeness (QED) is 0.682. The number of benzene rings is 1. The molecule has 1 aromatic carbocycles. The van der Waals surface area contributed by atoms with Gasteiger partial charge in [-0.2, -0.15) is 0 Å². The first-order valence-corrected chi connectivity index (χ1v) is 6.18. The summed E-state index contributed by atoms with van der Waals surface area (Å²) in [6.45, 7) is 6.31. The molecular weight excluding hydrogens is 220 g/mol. The van der Waals surface area contributed by atoms with Crippen molar-refractivity contribution >= 4 is 17.4 Å². The molecule has 88 valence electrons. The fraction of sp³-hybridized carbons (Fsp3) is 0.500. The first-order chi connectivity index (χ1) is 7.50. The van der Waals surface area contributed by atoms with Crippen LogP contribution in [0.15, 0.2) is 18.2 Å². The highest BCUT2D eigenvalue weighted by Crippen LogP contribution is 2.20. The fourth-order valence-electron chi connectivity index (χ4n) is 1.65. The minimum atomic E-state index is 0.158. The summed E-state index contributed by atoms with van der Waals surface area (Å²) in [4.78, 5) is 11.9. The van der Waals surface area contributed by atoms with Crippen molar-refractivity contribution in [1.29, 1.82) is 0 Å². The standard InChI is InChI=1S/C14H19ClO/c1-10(2)5-4-6-14(16)12-8-7-11(3)9-13(12)15/h7-10H,4-6H2,1-3H3. The lowest BCUT2D eigenvalue weighted by atomic mass is 10.0. The molecular formula is C14H19ClO. The first kappa shape index (κ1) is 13.2. The van der Waals surface area contributed by atoms with E-state index in [1.54, 1.807) is 0 Å². The molecule has 0 N–H and O–H groups in total. The minimum absolute atomic E-state index is 0.158. The zero-order valence-corrected chi connectivity index (χ0v) is 11.0. The maximum Gasteiger partial charge on any atom is 0.164 e. The Labute approximate surface area is 103 Å². The van der Waals surface area contributed by atoms with Crippen molar-refractivity contribution < 1.29 is 4.79 Å². The lowest BCUT2D eigenvalue weighted by Gasteiger charge is -2.06. The van der Waals surface area contributed by atoms with Crippen LogP contribution in [0.25, 0.3) is 0 Å². The monoisotopic (exact) mass is 238 g/mol. The molecule has 1 nitrogen and oxygen atoms in total. The predicted octanol–water partition coefficient (Wildman–Crippen LogP) is 4.66. The van der Waals surface area contributed by atoms with E-state index in [0.717, 1.165) is 18.4 Å². The van der Waals surface area contributed by atoms with Crippen molar-refractivity contribution in [3.05, 3.63) is 34.3 Å². The lowest BCUT2D eigenvalue weighted by Crippen LogP contribution is -2.01. The summed E-state index contributed by atoms with van der Waals surface area (Å²) < 4.78 is 0. The van der Waals surface area contributed by atoms with E-state index in [1.807, 2.05) is 25.1 Å². The lowest BCUT2D eigenvalue weighted by molar-refractivity contribution is 0.0978. The Kier molecular flexibility index (Phi) is 5.01. The van der Waals surface area contributed by atoms with Gasteiger partial charge >= 0.3 is 0 Å². The molecule has 0 aliphatic carbocycles. The Bertz CT molecular complexity index is 369. The van der Waals surface area contributed by atoms with Gasteiger partial charge in [0.1, 0.15) is 0 Å². The first-order valence-electron chi connectivity index (χ1n) is 5.80. The molecule has 0 bridgehead atoms. The topological polar surface area (TPSA) is 17.1 Å². The smallest absolute Gasteiger partial charge is 0.164 e. The molecule has 0 heterocycles. The third-order valence-corrected chi connectivity index (χ3v) is 2.92. The molecule has 1 rings (SSSR count). The Morgan fingerprint density at radius 2 is 2.06 bits per heavy atom. The molecule has 0 saturated carbocycles. The van der Waals surface area contributed by atoms with Crippen LogP contribution >= 0.6 is 11.6 Å².